The number of hydrogen-bond acceptors (Lipinski definition) is 10. The second-order valence-corrected chi connectivity index (χ2v) is 15.3. The van der Waals surface area contributed by atoms with Crippen molar-refractivity contribution in [3.8, 4) is 0 Å². The van der Waals surface area contributed by atoms with Crippen molar-refractivity contribution in [2.75, 3.05) is 19.6 Å². The molecule has 2 aliphatic rings. The Morgan fingerprint density at radius 2 is 1.16 bits per heavy atom. The van der Waals surface area contributed by atoms with Gasteiger partial charge in [0.25, 0.3) is 0 Å². The third-order valence-corrected chi connectivity index (χ3v) is 9.41. The molecule has 310 valence electrons. The molecule has 0 bridgehead atoms. The molecule has 19 heteroatoms. The number of aliphatic hydroxyl groups excluding tert-OH is 1. The largest absolute Gasteiger partial charge is 0.391 e. The first kappa shape index (κ1) is 46.3. The van der Waals surface area contributed by atoms with Crippen LogP contribution in [0.4, 0.5) is 0 Å². The lowest BCUT2D eigenvalue weighted by Gasteiger charge is -2.31. The summed E-state index contributed by atoms with van der Waals surface area (Å²) >= 11 is 0. The Bertz CT molecular complexity index is 1440. The molecule has 19 nitrogen and oxygen atoms in total. The maximum atomic E-state index is 13.7. The fourth-order valence-corrected chi connectivity index (χ4v) is 6.68. The van der Waals surface area contributed by atoms with E-state index in [0.29, 0.717) is 25.7 Å². The van der Waals surface area contributed by atoms with E-state index in [-0.39, 0.29) is 37.8 Å². The lowest BCUT2D eigenvalue weighted by atomic mass is 10.0. The number of rotatable bonds is 19. The summed E-state index contributed by atoms with van der Waals surface area (Å²) in [6.45, 7) is 12.9. The van der Waals surface area contributed by atoms with E-state index in [1.54, 1.807) is 0 Å². The summed E-state index contributed by atoms with van der Waals surface area (Å²) in [7, 11) is 0. The maximum absolute atomic E-state index is 13.7. The van der Waals surface area contributed by atoms with Crippen LogP contribution in [-0.4, -0.2) is 136 Å². The predicted molar refractivity (Wildman–Crippen MR) is 199 cm³/mol. The summed E-state index contributed by atoms with van der Waals surface area (Å²) in [4.78, 5) is 118. The summed E-state index contributed by atoms with van der Waals surface area (Å²) < 4.78 is 0. The van der Waals surface area contributed by atoms with E-state index in [4.69, 9.17) is 5.73 Å². The molecule has 2 fully saturated rings. The number of carbonyl (C=O) groups is 9. The van der Waals surface area contributed by atoms with E-state index in [9.17, 15) is 48.3 Å². The van der Waals surface area contributed by atoms with Crippen LogP contribution < -0.4 is 37.6 Å². The van der Waals surface area contributed by atoms with E-state index >= 15 is 0 Å². The molecule has 9 amide bonds. The number of nitrogens with zero attached hydrogens (tertiary/aromatic N) is 2. The molecule has 2 aliphatic heterocycles. The van der Waals surface area contributed by atoms with Crippen LogP contribution in [0.5, 0.6) is 0 Å². The first-order valence-corrected chi connectivity index (χ1v) is 19.0. The first-order chi connectivity index (χ1) is 25.6. The number of nitrogens with one attached hydrogen (secondary N) is 6. The van der Waals surface area contributed by atoms with Gasteiger partial charge in [-0.15, -0.1) is 0 Å². The van der Waals surface area contributed by atoms with Crippen molar-refractivity contribution in [2.45, 2.75) is 142 Å². The predicted octanol–water partition coefficient (Wildman–Crippen LogP) is -2.47. The van der Waals surface area contributed by atoms with Crippen LogP contribution >= 0.6 is 0 Å². The quantitative estimate of drug-likeness (QED) is 0.0684. The number of carbonyl (C=O) groups excluding carboxylic acids is 9. The zero-order valence-electron chi connectivity index (χ0n) is 33.2. The second-order valence-electron chi connectivity index (χ2n) is 15.3. The van der Waals surface area contributed by atoms with E-state index in [0.717, 1.165) is 0 Å². The van der Waals surface area contributed by atoms with Crippen LogP contribution in [0.25, 0.3) is 0 Å². The summed E-state index contributed by atoms with van der Waals surface area (Å²) in [5.41, 5.74) is 5.39. The van der Waals surface area contributed by atoms with Crippen LogP contribution in [0.1, 0.15) is 93.9 Å². The average Bonchev–Trinajstić information content (AvgIpc) is 3.78. The van der Waals surface area contributed by atoms with Crippen molar-refractivity contribution < 1.29 is 48.3 Å². The van der Waals surface area contributed by atoms with Crippen LogP contribution in [0.2, 0.25) is 0 Å². The number of hydrogen-bond donors (Lipinski definition) is 8. The van der Waals surface area contributed by atoms with E-state index in [2.05, 4.69) is 31.9 Å². The molecule has 0 saturated carbocycles. The average molecular weight is 780 g/mol. The number of likely N-dealkylation sites (tertiary alicyclic amines) is 2. The maximum Gasteiger partial charge on any atom is 0.245 e. The Morgan fingerprint density at radius 3 is 1.67 bits per heavy atom. The van der Waals surface area contributed by atoms with Gasteiger partial charge in [0, 0.05) is 20.0 Å². The highest BCUT2D eigenvalue weighted by molar-refractivity contribution is 5.97. The Kier molecular flexibility index (Phi) is 18.0. The number of primary amides is 1. The number of aliphatic hydroxyl groups is 1. The van der Waals surface area contributed by atoms with Crippen molar-refractivity contribution in [2.24, 2.45) is 17.6 Å². The van der Waals surface area contributed by atoms with Crippen molar-refractivity contribution in [3.63, 3.8) is 0 Å². The van der Waals surface area contributed by atoms with Gasteiger partial charge < -0.3 is 52.5 Å². The minimum absolute atomic E-state index is 0.0163. The third kappa shape index (κ3) is 14.1. The molecule has 0 aromatic rings. The Labute approximate surface area is 322 Å². The Morgan fingerprint density at radius 1 is 0.655 bits per heavy atom. The smallest absolute Gasteiger partial charge is 0.245 e. The minimum atomic E-state index is -1.45. The Balaban J connectivity index is 2.02. The molecule has 0 unspecified atom stereocenters. The fraction of sp³-hybridized carbons (Fsp3) is 0.750. The Hall–Kier alpha value is -4.81. The van der Waals surface area contributed by atoms with Crippen molar-refractivity contribution >= 4 is 53.2 Å². The van der Waals surface area contributed by atoms with Gasteiger partial charge in [0.15, 0.2) is 0 Å². The molecular weight excluding hydrogens is 718 g/mol. The van der Waals surface area contributed by atoms with Gasteiger partial charge in [0.05, 0.1) is 12.6 Å². The van der Waals surface area contributed by atoms with E-state index in [1.165, 1.54) is 37.5 Å². The molecule has 55 heavy (non-hydrogen) atoms. The number of amides is 9. The molecular formula is C36H61N9O10. The summed E-state index contributed by atoms with van der Waals surface area (Å²) in [5.74, 6) is -5.50. The SMILES string of the molecule is CC(=O)N[C@@H](C)C(=O)N[C@@H](CC(C)C)C(=O)N1CCC[C@H]1C(=O)N[C@@H](C)C(=O)N1CCC[C@H]1C(=O)NCC(=O)N[C@H](C(=O)N[C@@H](CC(C)C)C(N)=O)[C@@H](C)O. The molecule has 2 heterocycles. The lowest BCUT2D eigenvalue weighted by molar-refractivity contribution is -0.144. The minimum Gasteiger partial charge on any atom is -0.391 e. The van der Waals surface area contributed by atoms with Gasteiger partial charge in [-0.25, -0.2) is 0 Å². The highest BCUT2D eigenvalue weighted by Crippen LogP contribution is 2.22. The molecule has 2 saturated heterocycles. The highest BCUT2D eigenvalue weighted by atomic mass is 16.3. The van der Waals surface area contributed by atoms with Crippen molar-refractivity contribution in [1.82, 2.24) is 41.7 Å². The van der Waals surface area contributed by atoms with Crippen LogP contribution in [0.15, 0.2) is 0 Å². The van der Waals surface area contributed by atoms with Gasteiger partial charge in [-0.3, -0.25) is 43.2 Å². The van der Waals surface area contributed by atoms with E-state index < -0.39 is 108 Å². The molecule has 0 aromatic heterocycles. The number of nitrogens with two attached hydrogens (primary N) is 1. The lowest BCUT2D eigenvalue weighted by Crippen LogP contribution is -2.59. The first-order valence-electron chi connectivity index (χ1n) is 19.0. The topological polar surface area (TPSA) is 279 Å². The molecule has 0 aliphatic carbocycles. The standard InChI is InChI=1S/C36H61N9O10/c1-18(2)15-24(30(37)49)41-34(53)29(22(7)46)43-28(48)17-38-32(51)26-11-9-13-44(26)35(54)21(6)40-33(52)27-12-10-14-45(27)36(55)25(16-19(3)4)42-31(50)20(5)39-23(8)47/h18-22,24-27,29,46H,9-17H2,1-8H3,(H2,37,49)(H,38,51)(H,39,47)(H,40,52)(H,41,53)(H,42,50)(H,43,48)/t20-,21-,22+,24-,25-,26-,27-,29-/m0/s1. The molecule has 9 N–H and O–H groups in total. The van der Waals surface area contributed by atoms with Gasteiger partial charge in [0.1, 0.15) is 42.3 Å². The molecule has 0 spiro atoms. The van der Waals surface area contributed by atoms with Gasteiger partial charge in [-0.1, -0.05) is 27.7 Å². The third-order valence-electron chi connectivity index (χ3n) is 9.41. The van der Waals surface area contributed by atoms with Gasteiger partial charge >= 0.3 is 0 Å². The van der Waals surface area contributed by atoms with Gasteiger partial charge in [-0.2, -0.15) is 0 Å². The van der Waals surface area contributed by atoms with Crippen LogP contribution in [0.3, 0.4) is 0 Å². The zero-order valence-corrected chi connectivity index (χ0v) is 33.2. The summed E-state index contributed by atoms with van der Waals surface area (Å²) in [6, 6.07) is -7.21. The zero-order chi connectivity index (χ0) is 41.7. The molecule has 0 aromatic carbocycles. The molecule has 2 rings (SSSR count). The summed E-state index contributed by atoms with van der Waals surface area (Å²) in [5, 5.41) is 25.3. The second kappa shape index (κ2) is 21.3. The summed E-state index contributed by atoms with van der Waals surface area (Å²) in [6.07, 6.45) is 0.813. The van der Waals surface area contributed by atoms with Gasteiger partial charge in [-0.05, 0) is 71.1 Å². The highest BCUT2D eigenvalue weighted by Gasteiger charge is 2.41. The van der Waals surface area contributed by atoms with Crippen molar-refractivity contribution in [3.05, 3.63) is 0 Å². The monoisotopic (exact) mass is 779 g/mol. The molecule has 8 atom stereocenters. The normalized spacial score (nSPS) is 20.1. The fourth-order valence-electron chi connectivity index (χ4n) is 6.68. The van der Waals surface area contributed by atoms with Crippen molar-refractivity contribution in [1.29, 1.82) is 0 Å². The van der Waals surface area contributed by atoms with Crippen LogP contribution in [0, 0.1) is 11.8 Å². The molecule has 0 radical (unpaired) electrons. The van der Waals surface area contributed by atoms with E-state index in [1.807, 2.05) is 27.7 Å². The van der Waals surface area contributed by atoms with Gasteiger partial charge in [0.2, 0.25) is 53.2 Å². The van der Waals surface area contributed by atoms with Crippen LogP contribution in [-0.2, 0) is 43.2 Å².